The highest BCUT2D eigenvalue weighted by Crippen LogP contribution is 2.33. The Balaban J connectivity index is 1.71. The first-order chi connectivity index (χ1) is 15.3. The fourth-order valence-corrected chi connectivity index (χ4v) is 4.01. The molecule has 2 aliphatic heterocycles. The van der Waals surface area contributed by atoms with Crippen molar-refractivity contribution in [2.45, 2.75) is 13.5 Å². The first kappa shape index (κ1) is 21.7. The second-order valence-corrected chi connectivity index (χ2v) is 8.06. The van der Waals surface area contributed by atoms with Gasteiger partial charge in [0.1, 0.15) is 11.5 Å². The average molecular weight is 436 g/mol. The Kier molecular flexibility index (Phi) is 6.05. The zero-order chi connectivity index (χ0) is 22.8. The number of nitrogens with one attached hydrogen (secondary N) is 1. The van der Waals surface area contributed by atoms with Crippen LogP contribution in [0.25, 0.3) is 5.57 Å². The summed E-state index contributed by atoms with van der Waals surface area (Å²) in [5, 5.41) is 2.69. The number of carbonyl (C=O) groups is 3. The highest BCUT2D eigenvalue weighted by molar-refractivity contribution is 6.35. The molecule has 2 heterocycles. The van der Waals surface area contributed by atoms with Crippen molar-refractivity contribution in [2.24, 2.45) is 0 Å². The van der Waals surface area contributed by atoms with E-state index in [1.165, 1.54) is 13.0 Å². The lowest BCUT2D eigenvalue weighted by molar-refractivity contribution is -0.138. The van der Waals surface area contributed by atoms with Crippen LogP contribution in [0.2, 0.25) is 0 Å². The monoisotopic (exact) mass is 436 g/mol. The van der Waals surface area contributed by atoms with Gasteiger partial charge < -0.3 is 15.1 Å². The van der Waals surface area contributed by atoms with Gasteiger partial charge in [-0.25, -0.2) is 4.39 Å². The van der Waals surface area contributed by atoms with Gasteiger partial charge in [0, 0.05) is 44.4 Å². The Morgan fingerprint density at radius 3 is 2.25 bits per heavy atom. The molecule has 7 nitrogen and oxygen atoms in total. The molecule has 0 saturated carbocycles. The summed E-state index contributed by atoms with van der Waals surface area (Å²) in [5.41, 5.74) is 2.14. The molecule has 0 unspecified atom stereocenters. The molecule has 2 aliphatic rings. The summed E-state index contributed by atoms with van der Waals surface area (Å²) >= 11 is 0. The largest absolute Gasteiger partial charge is 0.364 e. The highest BCUT2D eigenvalue weighted by atomic mass is 19.1. The molecule has 0 radical (unpaired) electrons. The minimum Gasteiger partial charge on any atom is -0.364 e. The third-order valence-electron chi connectivity index (χ3n) is 5.74. The van der Waals surface area contributed by atoms with Crippen molar-refractivity contribution in [3.63, 3.8) is 0 Å². The molecule has 166 valence electrons. The number of hydrogen-bond acceptors (Lipinski definition) is 5. The van der Waals surface area contributed by atoms with Gasteiger partial charge in [-0.2, -0.15) is 0 Å². The third-order valence-corrected chi connectivity index (χ3v) is 5.74. The maximum absolute atomic E-state index is 14.2. The average Bonchev–Trinajstić information content (AvgIpc) is 3.01. The van der Waals surface area contributed by atoms with E-state index in [1.807, 2.05) is 11.9 Å². The van der Waals surface area contributed by atoms with Crippen LogP contribution in [-0.2, 0) is 20.9 Å². The quantitative estimate of drug-likeness (QED) is 0.729. The topological polar surface area (TPSA) is 73.0 Å². The smallest absolute Gasteiger partial charge is 0.278 e. The lowest BCUT2D eigenvalue weighted by atomic mass is 10.0. The Hall–Kier alpha value is -3.52. The standard InChI is InChI=1S/C24H25FN4O3/c1-16(30)26-19-9-7-17(8-10-19)21-22(28-13-11-27(2)12-14-28)24(32)29(23(21)31)15-18-5-3-4-6-20(18)25/h3-10H,11-15H2,1-2H3,(H,26,30). The molecule has 1 fully saturated rings. The molecule has 1 saturated heterocycles. The maximum atomic E-state index is 14.2. The number of amides is 3. The van der Waals surface area contributed by atoms with Gasteiger partial charge in [-0.15, -0.1) is 0 Å². The van der Waals surface area contributed by atoms with Crippen LogP contribution < -0.4 is 5.32 Å². The number of rotatable bonds is 5. The molecule has 0 aromatic heterocycles. The van der Waals surface area contributed by atoms with E-state index in [4.69, 9.17) is 0 Å². The van der Waals surface area contributed by atoms with Gasteiger partial charge in [-0.05, 0) is 30.8 Å². The van der Waals surface area contributed by atoms with Crippen LogP contribution in [0.1, 0.15) is 18.1 Å². The summed E-state index contributed by atoms with van der Waals surface area (Å²) in [6, 6.07) is 13.0. The van der Waals surface area contributed by atoms with Gasteiger partial charge in [-0.1, -0.05) is 30.3 Å². The highest BCUT2D eigenvalue weighted by Gasteiger charge is 2.42. The molecule has 0 aliphatic carbocycles. The minimum absolute atomic E-state index is 0.130. The van der Waals surface area contributed by atoms with Gasteiger partial charge in [0.25, 0.3) is 11.8 Å². The molecule has 3 amide bonds. The molecule has 1 N–H and O–H groups in total. The summed E-state index contributed by atoms with van der Waals surface area (Å²) in [6.45, 7) is 4.06. The third kappa shape index (κ3) is 4.27. The van der Waals surface area contributed by atoms with Crippen LogP contribution >= 0.6 is 0 Å². The number of hydrogen-bond donors (Lipinski definition) is 1. The van der Waals surface area contributed by atoms with Gasteiger partial charge in [0.2, 0.25) is 5.91 Å². The summed E-state index contributed by atoms with van der Waals surface area (Å²) in [6.07, 6.45) is 0. The van der Waals surface area contributed by atoms with Crippen molar-refractivity contribution in [3.8, 4) is 0 Å². The van der Waals surface area contributed by atoms with E-state index in [0.717, 1.165) is 18.0 Å². The van der Waals surface area contributed by atoms with Gasteiger partial charge in [0.05, 0.1) is 12.1 Å². The van der Waals surface area contributed by atoms with E-state index in [1.54, 1.807) is 42.5 Å². The Morgan fingerprint density at radius 2 is 1.62 bits per heavy atom. The van der Waals surface area contributed by atoms with E-state index in [2.05, 4.69) is 10.2 Å². The van der Waals surface area contributed by atoms with E-state index >= 15 is 0 Å². The van der Waals surface area contributed by atoms with Crippen molar-refractivity contribution in [1.82, 2.24) is 14.7 Å². The lowest BCUT2D eigenvalue weighted by Crippen LogP contribution is -2.46. The van der Waals surface area contributed by atoms with E-state index in [-0.39, 0.29) is 18.0 Å². The van der Waals surface area contributed by atoms with Gasteiger partial charge >= 0.3 is 0 Å². The maximum Gasteiger partial charge on any atom is 0.278 e. The molecular weight excluding hydrogens is 411 g/mol. The van der Waals surface area contributed by atoms with Crippen LogP contribution in [0.5, 0.6) is 0 Å². The zero-order valence-electron chi connectivity index (χ0n) is 18.1. The first-order valence-corrected chi connectivity index (χ1v) is 10.5. The van der Waals surface area contributed by atoms with Crippen LogP contribution in [-0.4, -0.2) is 65.6 Å². The van der Waals surface area contributed by atoms with Gasteiger partial charge in [-0.3, -0.25) is 19.3 Å². The molecule has 4 rings (SSSR count). The van der Waals surface area contributed by atoms with Crippen molar-refractivity contribution in [3.05, 3.63) is 71.2 Å². The molecule has 0 bridgehead atoms. The van der Waals surface area contributed by atoms with Crippen LogP contribution in [0.3, 0.4) is 0 Å². The Morgan fingerprint density at radius 1 is 0.969 bits per heavy atom. The second-order valence-electron chi connectivity index (χ2n) is 8.06. The predicted octanol–water partition coefficient (Wildman–Crippen LogP) is 2.31. The Labute approximate surface area is 186 Å². The number of carbonyl (C=O) groups excluding carboxylic acids is 3. The van der Waals surface area contributed by atoms with E-state index < -0.39 is 17.6 Å². The lowest BCUT2D eigenvalue weighted by Gasteiger charge is -2.34. The van der Waals surface area contributed by atoms with E-state index in [0.29, 0.717) is 35.6 Å². The SMILES string of the molecule is CC(=O)Nc1ccc(C2=C(N3CCN(C)CC3)C(=O)N(Cc3ccccc3F)C2=O)cc1. The number of imide groups is 1. The summed E-state index contributed by atoms with van der Waals surface area (Å²) in [5.74, 6) is -1.51. The zero-order valence-corrected chi connectivity index (χ0v) is 18.1. The molecule has 2 aromatic carbocycles. The number of benzene rings is 2. The number of halogens is 1. The normalized spacial score (nSPS) is 17.3. The fourth-order valence-electron chi connectivity index (χ4n) is 4.01. The fraction of sp³-hybridized carbons (Fsp3) is 0.292. The van der Waals surface area contributed by atoms with Crippen molar-refractivity contribution in [1.29, 1.82) is 0 Å². The van der Waals surface area contributed by atoms with E-state index in [9.17, 15) is 18.8 Å². The van der Waals surface area contributed by atoms with Crippen LogP contribution in [0.15, 0.2) is 54.2 Å². The van der Waals surface area contributed by atoms with Crippen molar-refractivity contribution in [2.75, 3.05) is 38.5 Å². The Bertz CT molecular complexity index is 1090. The minimum atomic E-state index is -0.456. The van der Waals surface area contributed by atoms with Gasteiger partial charge in [0.15, 0.2) is 0 Å². The second kappa shape index (κ2) is 8.92. The number of nitrogens with zero attached hydrogens (tertiary/aromatic N) is 3. The number of anilines is 1. The molecular formula is C24H25FN4O3. The molecule has 8 heteroatoms. The molecule has 2 aromatic rings. The molecule has 0 spiro atoms. The molecule has 32 heavy (non-hydrogen) atoms. The first-order valence-electron chi connectivity index (χ1n) is 10.5. The van der Waals surface area contributed by atoms with Crippen LogP contribution in [0.4, 0.5) is 10.1 Å². The predicted molar refractivity (Wildman–Crippen MR) is 119 cm³/mol. The van der Waals surface area contributed by atoms with Crippen molar-refractivity contribution >= 4 is 29.0 Å². The summed E-state index contributed by atoms with van der Waals surface area (Å²) in [7, 11) is 2.01. The number of likely N-dealkylation sites (N-methyl/N-ethyl adjacent to an activating group) is 1. The summed E-state index contributed by atoms with van der Waals surface area (Å²) < 4.78 is 14.2. The summed E-state index contributed by atoms with van der Waals surface area (Å²) in [4.78, 5) is 43.4. The van der Waals surface area contributed by atoms with Crippen LogP contribution in [0, 0.1) is 5.82 Å². The van der Waals surface area contributed by atoms with Crippen molar-refractivity contribution < 1.29 is 18.8 Å². The molecule has 0 atom stereocenters. The number of piperazine rings is 1.